The quantitative estimate of drug-likeness (QED) is 0.816. The molecular formula is C20H22ClN3O3S. The van der Waals surface area contributed by atoms with Gasteiger partial charge in [0.2, 0.25) is 0 Å². The van der Waals surface area contributed by atoms with Crippen LogP contribution in [0.15, 0.2) is 29.2 Å². The van der Waals surface area contributed by atoms with Gasteiger partial charge in [0.15, 0.2) is 5.13 Å². The number of nitrogens with one attached hydrogen (secondary N) is 1. The molecule has 1 aromatic carbocycles. The van der Waals surface area contributed by atoms with Crippen molar-refractivity contribution in [2.45, 2.75) is 32.6 Å². The summed E-state index contributed by atoms with van der Waals surface area (Å²) < 4.78 is 11.4. The lowest BCUT2D eigenvalue weighted by molar-refractivity contribution is -0.113. The van der Waals surface area contributed by atoms with Gasteiger partial charge in [-0.15, -0.1) is 11.3 Å². The van der Waals surface area contributed by atoms with Crippen LogP contribution in [-0.2, 0) is 16.1 Å². The normalized spacial score (nSPS) is 22.2. The average molecular weight is 420 g/mol. The number of hydrogen-bond donors (Lipinski definition) is 1. The van der Waals surface area contributed by atoms with Crippen LogP contribution in [0, 0.1) is 0 Å². The van der Waals surface area contributed by atoms with E-state index in [9.17, 15) is 4.79 Å². The van der Waals surface area contributed by atoms with Crippen LogP contribution in [0.4, 0.5) is 5.13 Å². The average Bonchev–Trinajstić information content (AvgIpc) is 3.06. The number of hydrogen-bond acceptors (Lipinski definition) is 6. The minimum Gasteiger partial charge on any atom is -0.488 e. The van der Waals surface area contributed by atoms with Crippen LogP contribution in [0.2, 0.25) is 5.02 Å². The molecule has 148 valence electrons. The Kier molecular flexibility index (Phi) is 5.68. The molecule has 28 heavy (non-hydrogen) atoms. The second-order valence-corrected chi connectivity index (χ2v) is 8.48. The van der Waals surface area contributed by atoms with Crippen LogP contribution in [-0.4, -0.2) is 47.7 Å². The van der Waals surface area contributed by atoms with Gasteiger partial charge in [0.05, 0.1) is 23.5 Å². The Morgan fingerprint density at radius 3 is 2.93 bits per heavy atom. The predicted octanol–water partition coefficient (Wildman–Crippen LogP) is 3.82. The minimum absolute atomic E-state index is 0.208. The number of aromatic nitrogens is 1. The SMILES string of the molecule is CC1CN(Cc2csc(NC(=O)C3=Cc4cc(Cl)ccc4OC3)n2)CC(C)O1. The van der Waals surface area contributed by atoms with E-state index in [0.29, 0.717) is 15.7 Å². The maximum Gasteiger partial charge on any atom is 0.256 e. The molecule has 0 bridgehead atoms. The van der Waals surface area contributed by atoms with Crippen molar-refractivity contribution in [3.63, 3.8) is 0 Å². The largest absolute Gasteiger partial charge is 0.488 e. The first kappa shape index (κ1) is 19.4. The monoisotopic (exact) mass is 419 g/mol. The van der Waals surface area contributed by atoms with Crippen molar-refractivity contribution >= 4 is 40.1 Å². The Morgan fingerprint density at radius 1 is 1.36 bits per heavy atom. The van der Waals surface area contributed by atoms with Gasteiger partial charge in [-0.2, -0.15) is 0 Å². The number of rotatable bonds is 4. The molecule has 4 rings (SSSR count). The molecule has 6 nitrogen and oxygen atoms in total. The standard InChI is InChI=1S/C20H22ClN3O3S/c1-12-7-24(8-13(2)27-12)9-17-11-28-20(22-17)23-19(25)15-5-14-6-16(21)3-4-18(14)26-10-15/h3-6,11-13H,7-10H2,1-2H3,(H,22,23,25). The molecule has 1 amide bonds. The first-order chi connectivity index (χ1) is 13.5. The van der Waals surface area contributed by atoms with Gasteiger partial charge in [0.1, 0.15) is 12.4 Å². The molecule has 1 N–H and O–H groups in total. The van der Waals surface area contributed by atoms with Gasteiger partial charge in [0, 0.05) is 35.6 Å². The van der Waals surface area contributed by atoms with Crippen molar-refractivity contribution in [2.24, 2.45) is 0 Å². The van der Waals surface area contributed by atoms with Crippen LogP contribution < -0.4 is 10.1 Å². The van der Waals surface area contributed by atoms with Gasteiger partial charge in [0.25, 0.3) is 5.91 Å². The van der Waals surface area contributed by atoms with Gasteiger partial charge >= 0.3 is 0 Å². The fourth-order valence-electron chi connectivity index (χ4n) is 3.54. The molecule has 1 saturated heterocycles. The third kappa shape index (κ3) is 4.55. The van der Waals surface area contributed by atoms with E-state index in [1.54, 1.807) is 12.1 Å². The molecule has 2 unspecified atom stereocenters. The van der Waals surface area contributed by atoms with Gasteiger partial charge in [-0.25, -0.2) is 4.98 Å². The number of nitrogens with zero attached hydrogens (tertiary/aromatic N) is 2. The van der Waals surface area contributed by atoms with E-state index in [1.165, 1.54) is 11.3 Å². The van der Waals surface area contributed by atoms with E-state index in [0.717, 1.165) is 36.6 Å². The zero-order valence-electron chi connectivity index (χ0n) is 15.8. The molecule has 2 atom stereocenters. The van der Waals surface area contributed by atoms with Crippen LogP contribution in [0.25, 0.3) is 6.08 Å². The third-order valence-corrected chi connectivity index (χ3v) is 5.67. The smallest absolute Gasteiger partial charge is 0.256 e. The molecular weight excluding hydrogens is 398 g/mol. The maximum absolute atomic E-state index is 12.6. The van der Waals surface area contributed by atoms with Crippen LogP contribution in [0.3, 0.4) is 0 Å². The summed E-state index contributed by atoms with van der Waals surface area (Å²) in [5.41, 5.74) is 2.30. The molecule has 0 aliphatic carbocycles. The van der Waals surface area contributed by atoms with E-state index < -0.39 is 0 Å². The molecule has 2 aliphatic heterocycles. The fourth-order valence-corrected chi connectivity index (χ4v) is 4.41. The summed E-state index contributed by atoms with van der Waals surface area (Å²) in [6.45, 7) is 6.91. The van der Waals surface area contributed by atoms with Gasteiger partial charge in [-0.1, -0.05) is 11.6 Å². The topological polar surface area (TPSA) is 63.7 Å². The van der Waals surface area contributed by atoms with Crippen molar-refractivity contribution in [1.29, 1.82) is 0 Å². The number of thiazole rings is 1. The first-order valence-corrected chi connectivity index (χ1v) is 10.5. The second kappa shape index (κ2) is 8.21. The predicted molar refractivity (Wildman–Crippen MR) is 111 cm³/mol. The van der Waals surface area contributed by atoms with Crippen molar-refractivity contribution < 1.29 is 14.3 Å². The molecule has 8 heteroatoms. The Balaban J connectivity index is 1.39. The number of amides is 1. The Hall–Kier alpha value is -1.93. The second-order valence-electron chi connectivity index (χ2n) is 7.19. The third-order valence-electron chi connectivity index (χ3n) is 4.63. The van der Waals surface area contributed by atoms with E-state index in [2.05, 4.69) is 29.0 Å². The van der Waals surface area contributed by atoms with Gasteiger partial charge < -0.3 is 9.47 Å². The van der Waals surface area contributed by atoms with Crippen LogP contribution in [0.5, 0.6) is 5.75 Å². The van der Waals surface area contributed by atoms with Gasteiger partial charge in [-0.05, 0) is 38.1 Å². The van der Waals surface area contributed by atoms with Crippen molar-refractivity contribution in [2.75, 3.05) is 25.0 Å². The Bertz CT molecular complexity index is 904. The van der Waals surface area contributed by atoms with E-state index in [-0.39, 0.29) is 24.7 Å². The number of ether oxygens (including phenoxy) is 2. The highest BCUT2D eigenvalue weighted by molar-refractivity contribution is 7.14. The molecule has 0 spiro atoms. The molecule has 0 radical (unpaired) electrons. The molecule has 1 aromatic heterocycles. The van der Waals surface area contributed by atoms with E-state index >= 15 is 0 Å². The number of halogens is 1. The first-order valence-electron chi connectivity index (χ1n) is 9.23. The van der Waals surface area contributed by atoms with Crippen molar-refractivity contribution in [1.82, 2.24) is 9.88 Å². The number of carbonyl (C=O) groups excluding carboxylic acids is 1. The number of benzene rings is 1. The van der Waals surface area contributed by atoms with E-state index in [4.69, 9.17) is 21.1 Å². The Morgan fingerprint density at radius 2 is 2.14 bits per heavy atom. The molecule has 0 saturated carbocycles. The number of morpholine rings is 1. The van der Waals surface area contributed by atoms with E-state index in [1.807, 2.05) is 17.5 Å². The highest BCUT2D eigenvalue weighted by Crippen LogP contribution is 2.29. The summed E-state index contributed by atoms with van der Waals surface area (Å²) in [6.07, 6.45) is 2.25. The highest BCUT2D eigenvalue weighted by Gasteiger charge is 2.23. The van der Waals surface area contributed by atoms with Crippen molar-refractivity contribution in [3.05, 3.63) is 45.4 Å². The number of fused-ring (bicyclic) bond motifs is 1. The number of anilines is 1. The highest BCUT2D eigenvalue weighted by atomic mass is 35.5. The summed E-state index contributed by atoms with van der Waals surface area (Å²) >= 11 is 7.46. The summed E-state index contributed by atoms with van der Waals surface area (Å²) in [4.78, 5) is 19.5. The summed E-state index contributed by atoms with van der Waals surface area (Å²) in [5.74, 6) is 0.520. The maximum atomic E-state index is 12.6. The molecule has 3 heterocycles. The molecule has 1 fully saturated rings. The van der Waals surface area contributed by atoms with Crippen molar-refractivity contribution in [3.8, 4) is 5.75 Å². The summed E-state index contributed by atoms with van der Waals surface area (Å²) in [7, 11) is 0. The fraction of sp³-hybridized carbons (Fsp3) is 0.400. The Labute approximate surface area is 173 Å². The van der Waals surface area contributed by atoms with Crippen LogP contribution in [0.1, 0.15) is 25.1 Å². The molecule has 2 aromatic rings. The zero-order chi connectivity index (χ0) is 19.7. The lowest BCUT2D eigenvalue weighted by Gasteiger charge is -2.34. The summed E-state index contributed by atoms with van der Waals surface area (Å²) in [5, 5.41) is 6.06. The molecule has 2 aliphatic rings. The lowest BCUT2D eigenvalue weighted by atomic mass is 10.1. The lowest BCUT2D eigenvalue weighted by Crippen LogP contribution is -2.44. The number of carbonyl (C=O) groups is 1. The van der Waals surface area contributed by atoms with Crippen LogP contribution >= 0.6 is 22.9 Å². The van der Waals surface area contributed by atoms with Gasteiger partial charge in [-0.3, -0.25) is 15.0 Å². The minimum atomic E-state index is -0.208. The zero-order valence-corrected chi connectivity index (χ0v) is 17.3. The summed E-state index contributed by atoms with van der Waals surface area (Å²) in [6, 6.07) is 5.37.